The zero-order valence-electron chi connectivity index (χ0n) is 20.3. The highest BCUT2D eigenvalue weighted by molar-refractivity contribution is 7.99. The fourth-order valence-corrected chi connectivity index (χ4v) is 4.71. The highest BCUT2D eigenvalue weighted by atomic mass is 32.2. The van der Waals surface area contributed by atoms with E-state index >= 15 is 0 Å². The molecule has 0 aliphatic carbocycles. The molecule has 2 aromatic rings. The SMILES string of the molecule is C=C.CC.CC.FC(F)(F)c1ccc2c(c1)N(CCCN1CCNCC1)c1ccccc1S2. The second-order valence-electron chi connectivity index (χ2n) is 6.85. The van der Waals surface area contributed by atoms with E-state index in [9.17, 15) is 13.2 Å². The number of alkyl halides is 3. The summed E-state index contributed by atoms with van der Waals surface area (Å²) in [4.78, 5) is 6.43. The highest BCUT2D eigenvalue weighted by Crippen LogP contribution is 2.49. The van der Waals surface area contributed by atoms with Gasteiger partial charge in [-0.15, -0.1) is 13.2 Å². The lowest BCUT2D eigenvalue weighted by Crippen LogP contribution is -2.44. The summed E-state index contributed by atoms with van der Waals surface area (Å²) in [6, 6.07) is 12.0. The van der Waals surface area contributed by atoms with Crippen molar-refractivity contribution in [2.75, 3.05) is 44.2 Å². The molecule has 0 bridgehead atoms. The molecular formula is C26H38F3N3S. The van der Waals surface area contributed by atoms with Crippen molar-refractivity contribution in [3.8, 4) is 0 Å². The highest BCUT2D eigenvalue weighted by Gasteiger charge is 2.33. The van der Waals surface area contributed by atoms with Crippen molar-refractivity contribution in [2.24, 2.45) is 0 Å². The predicted octanol–water partition coefficient (Wildman–Crippen LogP) is 7.46. The molecule has 0 aromatic heterocycles. The van der Waals surface area contributed by atoms with E-state index < -0.39 is 11.7 Å². The first kappa shape index (κ1) is 29.1. The van der Waals surface area contributed by atoms with Crippen molar-refractivity contribution < 1.29 is 13.2 Å². The second kappa shape index (κ2) is 15.0. The summed E-state index contributed by atoms with van der Waals surface area (Å²) in [6.07, 6.45) is -3.42. The monoisotopic (exact) mass is 481 g/mol. The first-order valence-corrected chi connectivity index (χ1v) is 12.5. The third-order valence-corrected chi connectivity index (χ3v) is 6.15. The van der Waals surface area contributed by atoms with Gasteiger partial charge in [-0.3, -0.25) is 0 Å². The van der Waals surface area contributed by atoms with Gasteiger partial charge in [0.2, 0.25) is 0 Å². The number of benzene rings is 2. The maximum Gasteiger partial charge on any atom is 0.416 e. The van der Waals surface area contributed by atoms with Crippen molar-refractivity contribution >= 4 is 23.1 Å². The molecule has 2 aliphatic rings. The smallest absolute Gasteiger partial charge is 0.340 e. The molecule has 0 atom stereocenters. The van der Waals surface area contributed by atoms with Crippen LogP contribution in [0.15, 0.2) is 65.4 Å². The first-order valence-electron chi connectivity index (χ1n) is 11.7. The maximum absolute atomic E-state index is 13.2. The summed E-state index contributed by atoms with van der Waals surface area (Å²) in [5.41, 5.74) is 1.07. The number of piperazine rings is 1. The zero-order chi connectivity index (χ0) is 24.9. The van der Waals surface area contributed by atoms with Crippen LogP contribution < -0.4 is 10.2 Å². The van der Waals surface area contributed by atoms with E-state index in [1.807, 2.05) is 52.0 Å². The molecule has 1 saturated heterocycles. The molecule has 2 aromatic carbocycles. The van der Waals surface area contributed by atoms with E-state index in [-0.39, 0.29) is 0 Å². The van der Waals surface area contributed by atoms with Crippen LogP contribution in [0.5, 0.6) is 0 Å². The number of nitrogens with zero attached hydrogens (tertiary/aromatic N) is 2. The minimum absolute atomic E-state index is 0.590. The molecule has 0 saturated carbocycles. The van der Waals surface area contributed by atoms with E-state index in [4.69, 9.17) is 0 Å². The van der Waals surface area contributed by atoms with Crippen LogP contribution in [0.4, 0.5) is 24.5 Å². The first-order chi connectivity index (χ1) is 16.0. The van der Waals surface area contributed by atoms with Crippen molar-refractivity contribution in [3.05, 3.63) is 61.2 Å². The van der Waals surface area contributed by atoms with Crippen molar-refractivity contribution in [3.63, 3.8) is 0 Å². The average Bonchev–Trinajstić information content (AvgIpc) is 2.87. The molecule has 0 unspecified atom stereocenters. The van der Waals surface area contributed by atoms with Gasteiger partial charge >= 0.3 is 6.18 Å². The average molecular weight is 482 g/mol. The Morgan fingerprint density at radius 1 is 0.879 bits per heavy atom. The molecule has 1 N–H and O–H groups in total. The number of nitrogens with one attached hydrogen (secondary N) is 1. The van der Waals surface area contributed by atoms with Crippen LogP contribution in [-0.2, 0) is 6.18 Å². The molecule has 3 nitrogen and oxygen atoms in total. The van der Waals surface area contributed by atoms with Gasteiger partial charge in [0, 0.05) is 42.5 Å². The molecule has 7 heteroatoms. The molecule has 4 rings (SSSR count). The quantitative estimate of drug-likeness (QED) is 0.457. The molecule has 0 radical (unpaired) electrons. The molecular weight excluding hydrogens is 443 g/mol. The van der Waals surface area contributed by atoms with Crippen molar-refractivity contribution in [1.29, 1.82) is 0 Å². The number of halogens is 3. The summed E-state index contributed by atoms with van der Waals surface area (Å²) in [5.74, 6) is 0. The molecule has 33 heavy (non-hydrogen) atoms. The lowest BCUT2D eigenvalue weighted by Gasteiger charge is -2.34. The maximum atomic E-state index is 13.2. The van der Waals surface area contributed by atoms with Gasteiger partial charge in [-0.05, 0) is 43.3 Å². The second-order valence-corrected chi connectivity index (χ2v) is 7.93. The van der Waals surface area contributed by atoms with Gasteiger partial charge in [0.15, 0.2) is 0 Å². The van der Waals surface area contributed by atoms with Gasteiger partial charge in [-0.1, -0.05) is 51.6 Å². The number of hydrogen-bond donors (Lipinski definition) is 1. The fourth-order valence-electron chi connectivity index (χ4n) is 3.63. The van der Waals surface area contributed by atoms with E-state index in [2.05, 4.69) is 28.3 Å². The van der Waals surface area contributed by atoms with E-state index in [1.54, 1.807) is 6.07 Å². The van der Waals surface area contributed by atoms with Crippen LogP contribution in [-0.4, -0.2) is 44.2 Å². The lowest BCUT2D eigenvalue weighted by atomic mass is 10.1. The Morgan fingerprint density at radius 3 is 2.12 bits per heavy atom. The van der Waals surface area contributed by atoms with Gasteiger partial charge in [-0.25, -0.2) is 0 Å². The van der Waals surface area contributed by atoms with Crippen LogP contribution in [0.25, 0.3) is 0 Å². The lowest BCUT2D eigenvalue weighted by molar-refractivity contribution is -0.137. The Labute approximate surface area is 202 Å². The Hall–Kier alpha value is -1.96. The number of para-hydroxylation sites is 1. The van der Waals surface area contributed by atoms with E-state index in [0.717, 1.165) is 54.6 Å². The van der Waals surface area contributed by atoms with Gasteiger partial charge in [-0.2, -0.15) is 13.2 Å². The minimum Gasteiger partial charge on any atom is -0.340 e. The van der Waals surface area contributed by atoms with Gasteiger partial charge in [0.05, 0.1) is 16.9 Å². The minimum atomic E-state index is -4.33. The molecule has 2 aliphatic heterocycles. The van der Waals surface area contributed by atoms with Crippen molar-refractivity contribution in [1.82, 2.24) is 10.2 Å². The van der Waals surface area contributed by atoms with E-state index in [0.29, 0.717) is 12.2 Å². The molecule has 0 amide bonds. The number of fused-ring (bicyclic) bond motifs is 2. The van der Waals surface area contributed by atoms with Gasteiger partial charge in [0.25, 0.3) is 0 Å². The fraction of sp³-hybridized carbons (Fsp3) is 0.462. The Balaban J connectivity index is 0.000000841. The summed E-state index contributed by atoms with van der Waals surface area (Å²) in [5, 5.41) is 3.34. The number of rotatable bonds is 4. The van der Waals surface area contributed by atoms with Crippen LogP contribution in [0.3, 0.4) is 0 Å². The zero-order valence-corrected chi connectivity index (χ0v) is 21.2. The van der Waals surface area contributed by atoms with E-state index in [1.165, 1.54) is 23.9 Å². The molecule has 1 fully saturated rings. The van der Waals surface area contributed by atoms with Gasteiger partial charge in [0.1, 0.15) is 0 Å². The summed E-state index contributed by atoms with van der Waals surface area (Å²) in [6.45, 7) is 19.7. The third kappa shape index (κ3) is 8.09. The Kier molecular flexibility index (Phi) is 13.3. The van der Waals surface area contributed by atoms with Gasteiger partial charge < -0.3 is 15.1 Å². The molecule has 0 spiro atoms. The summed E-state index contributed by atoms with van der Waals surface area (Å²) in [7, 11) is 0. The van der Waals surface area contributed by atoms with Crippen molar-refractivity contribution in [2.45, 2.75) is 50.1 Å². The number of anilines is 2. The normalized spacial score (nSPS) is 14.8. The van der Waals surface area contributed by atoms with Crippen LogP contribution in [0.2, 0.25) is 0 Å². The summed E-state index contributed by atoms with van der Waals surface area (Å²) >= 11 is 1.54. The Morgan fingerprint density at radius 2 is 1.48 bits per heavy atom. The number of hydrogen-bond acceptors (Lipinski definition) is 4. The van der Waals surface area contributed by atoms with Crippen LogP contribution in [0, 0.1) is 0 Å². The summed E-state index contributed by atoms with van der Waals surface area (Å²) < 4.78 is 39.7. The largest absolute Gasteiger partial charge is 0.416 e. The standard InChI is InChI=1S/C20H22F3N3S.2C2H6.C2H4/c21-20(22,23)15-6-7-19-17(14-15)26(16-4-1-2-5-18(16)27-19)11-3-10-25-12-8-24-9-13-25;3*1-2/h1-2,4-7,14,24H,3,8-13H2;2*1-2H3;1-2H2. The Bertz CT molecular complexity index is 821. The van der Waals surface area contributed by atoms with Crippen LogP contribution in [0.1, 0.15) is 39.7 Å². The third-order valence-electron chi connectivity index (χ3n) is 5.02. The topological polar surface area (TPSA) is 18.5 Å². The molecule has 2 heterocycles. The predicted molar refractivity (Wildman–Crippen MR) is 137 cm³/mol. The molecule has 184 valence electrons. The van der Waals surface area contributed by atoms with Crippen LogP contribution >= 0.6 is 11.8 Å².